The number of hydrogen-bond donors (Lipinski definition) is 6. The second-order valence-electron chi connectivity index (χ2n) is 8.47. The van der Waals surface area contributed by atoms with Gasteiger partial charge >= 0.3 is 0 Å². The van der Waals surface area contributed by atoms with Gasteiger partial charge in [0.1, 0.15) is 22.8 Å². The largest absolute Gasteiger partial charge is 0.510 e. The average molecular weight is 465 g/mol. The van der Waals surface area contributed by atoms with E-state index in [1.54, 1.807) is 0 Å². The van der Waals surface area contributed by atoms with Crippen LogP contribution < -0.4 is 5.73 Å². The number of aromatic hydroxyl groups is 1. The number of ketones is 2. The van der Waals surface area contributed by atoms with E-state index >= 15 is 0 Å². The number of aliphatic hydroxyl groups is 4. The number of carbonyl (C=O) groups is 3. The molecule has 0 radical (unpaired) electrons. The summed E-state index contributed by atoms with van der Waals surface area (Å²) in [6.07, 6.45) is -1.70. The maximum atomic E-state index is 13.3. The van der Waals surface area contributed by atoms with E-state index in [9.17, 15) is 39.9 Å². The number of nitrogens with zero attached hydrogens (tertiary/aromatic N) is 1. The van der Waals surface area contributed by atoms with Crippen LogP contribution in [0.1, 0.15) is 28.4 Å². The lowest BCUT2D eigenvalue weighted by Gasteiger charge is -2.50. The second kappa shape index (κ2) is 7.04. The predicted octanol–water partition coefficient (Wildman–Crippen LogP) is 0.265. The predicted molar refractivity (Wildman–Crippen MR) is 110 cm³/mol. The molecule has 10 nitrogen and oxygen atoms in total. The third-order valence-corrected chi connectivity index (χ3v) is 6.97. The summed E-state index contributed by atoms with van der Waals surface area (Å²) in [5.74, 6) is -8.18. The first-order chi connectivity index (χ1) is 14.8. The van der Waals surface area contributed by atoms with Crippen molar-refractivity contribution in [2.45, 2.75) is 24.2 Å². The van der Waals surface area contributed by atoms with Crippen molar-refractivity contribution < 1.29 is 39.9 Å². The number of primary amides is 1. The summed E-state index contributed by atoms with van der Waals surface area (Å²) in [7, 11) is 3.03. The van der Waals surface area contributed by atoms with Crippen LogP contribution in [0, 0.1) is 11.8 Å². The number of rotatable bonds is 2. The fraction of sp³-hybridized carbons (Fsp3) is 0.381. The Balaban J connectivity index is 2.02. The fourth-order valence-corrected chi connectivity index (χ4v) is 5.52. The summed E-state index contributed by atoms with van der Waals surface area (Å²) in [5, 5.41) is 54.5. The lowest BCUT2D eigenvalue weighted by molar-refractivity contribution is -0.149. The summed E-state index contributed by atoms with van der Waals surface area (Å²) in [6.45, 7) is 0. The minimum atomic E-state index is -2.77. The second-order valence-corrected chi connectivity index (χ2v) is 8.88. The average Bonchev–Trinajstić information content (AvgIpc) is 2.69. The first-order valence-corrected chi connectivity index (χ1v) is 10.1. The number of hydrogen-bond acceptors (Lipinski definition) is 9. The van der Waals surface area contributed by atoms with E-state index in [0.717, 1.165) is 6.07 Å². The standard InChI is InChI=1S/C21H21ClN2O8/c1-24(2)14-7-5-6-10(16(27)12-9(25)4-3-8(22)11(12)15(6)26)18(29)21(7,32)19(30)13(17(14)28)20(23)31/h3-4,6-7,14-15,25-26,28-29,32H,5H2,1-2H3,(H2,23,31)/t6?,7?,14-,15?,21?/m0/s1. The molecule has 1 aromatic rings. The number of Topliss-reactive ketones (excluding diaryl/α,β-unsaturated/α-hetero) is 2. The Morgan fingerprint density at radius 2 is 1.84 bits per heavy atom. The molecule has 7 N–H and O–H groups in total. The smallest absolute Gasteiger partial charge is 0.255 e. The minimum absolute atomic E-state index is 0.0145. The Hall–Kier alpha value is -2.92. The zero-order valence-electron chi connectivity index (χ0n) is 17.0. The van der Waals surface area contributed by atoms with Crippen molar-refractivity contribution in [2.24, 2.45) is 17.6 Å². The molecule has 3 aliphatic rings. The monoisotopic (exact) mass is 464 g/mol. The molecule has 4 unspecified atom stereocenters. The highest BCUT2D eigenvalue weighted by Crippen LogP contribution is 2.55. The Bertz CT molecular complexity index is 1160. The van der Waals surface area contributed by atoms with E-state index in [2.05, 4.69) is 0 Å². The molecular formula is C21H21ClN2O8. The van der Waals surface area contributed by atoms with Crippen LogP contribution in [0.15, 0.2) is 34.8 Å². The molecule has 1 aromatic carbocycles. The van der Waals surface area contributed by atoms with Crippen LogP contribution in [0.4, 0.5) is 0 Å². The van der Waals surface area contributed by atoms with E-state index in [-0.39, 0.29) is 22.6 Å². The van der Waals surface area contributed by atoms with Gasteiger partial charge in [0.15, 0.2) is 11.4 Å². The Morgan fingerprint density at radius 3 is 2.41 bits per heavy atom. The lowest BCUT2D eigenvalue weighted by Crippen LogP contribution is -2.64. The van der Waals surface area contributed by atoms with E-state index in [0.29, 0.717) is 0 Å². The molecule has 0 fully saturated rings. The Morgan fingerprint density at radius 1 is 1.22 bits per heavy atom. The number of fused-ring (bicyclic) bond motifs is 3. The molecule has 4 rings (SSSR count). The van der Waals surface area contributed by atoms with Crippen LogP contribution >= 0.6 is 11.6 Å². The van der Waals surface area contributed by atoms with Gasteiger partial charge in [-0.1, -0.05) is 11.6 Å². The SMILES string of the molecule is CN(C)[C@@H]1C(O)=C(C(N)=O)C(=O)C2(O)C(O)=C3C(=O)c4c(O)ccc(Cl)c4C(O)C3CC12. The molecule has 0 bridgehead atoms. The third kappa shape index (κ3) is 2.61. The molecule has 5 atom stereocenters. The van der Waals surface area contributed by atoms with Crippen molar-refractivity contribution in [3.05, 3.63) is 50.9 Å². The number of likely N-dealkylation sites (N-methyl/N-ethyl adjacent to an activating group) is 1. The molecular weight excluding hydrogens is 444 g/mol. The van der Waals surface area contributed by atoms with Crippen molar-refractivity contribution in [1.29, 1.82) is 0 Å². The van der Waals surface area contributed by atoms with Gasteiger partial charge < -0.3 is 31.3 Å². The quantitative estimate of drug-likeness (QED) is 0.334. The molecule has 0 saturated carbocycles. The molecule has 3 aliphatic carbocycles. The third-order valence-electron chi connectivity index (χ3n) is 6.64. The minimum Gasteiger partial charge on any atom is -0.510 e. The summed E-state index contributed by atoms with van der Waals surface area (Å²) < 4.78 is 0. The van der Waals surface area contributed by atoms with Crippen molar-refractivity contribution in [2.75, 3.05) is 14.1 Å². The number of carbonyl (C=O) groups excluding carboxylic acids is 3. The van der Waals surface area contributed by atoms with Crippen LogP contribution in [0.2, 0.25) is 5.02 Å². The molecule has 0 heterocycles. The van der Waals surface area contributed by atoms with Gasteiger partial charge in [-0.3, -0.25) is 19.3 Å². The van der Waals surface area contributed by atoms with Gasteiger partial charge in [0.2, 0.25) is 5.78 Å². The van der Waals surface area contributed by atoms with Crippen LogP contribution in [0.25, 0.3) is 0 Å². The van der Waals surface area contributed by atoms with Gasteiger partial charge in [-0.25, -0.2) is 0 Å². The highest BCUT2D eigenvalue weighted by molar-refractivity contribution is 6.33. The van der Waals surface area contributed by atoms with E-state index in [1.165, 1.54) is 25.1 Å². The highest BCUT2D eigenvalue weighted by atomic mass is 35.5. The topological polar surface area (TPSA) is 182 Å². The zero-order chi connectivity index (χ0) is 23.9. The normalized spacial score (nSPS) is 32.1. The summed E-state index contributed by atoms with van der Waals surface area (Å²) in [6, 6.07) is 1.30. The fourth-order valence-electron chi connectivity index (χ4n) is 5.25. The van der Waals surface area contributed by atoms with E-state index in [1.807, 2.05) is 0 Å². The number of benzene rings is 1. The number of nitrogens with two attached hydrogens (primary N) is 1. The molecule has 0 saturated heterocycles. The maximum absolute atomic E-state index is 13.3. The molecule has 11 heteroatoms. The number of phenols is 1. The zero-order valence-corrected chi connectivity index (χ0v) is 17.8. The van der Waals surface area contributed by atoms with Gasteiger partial charge in [-0.15, -0.1) is 0 Å². The highest BCUT2D eigenvalue weighted by Gasteiger charge is 2.64. The Labute approximate surface area is 186 Å². The summed E-state index contributed by atoms with van der Waals surface area (Å²) in [4.78, 5) is 39.7. The number of aliphatic hydroxyl groups excluding tert-OH is 3. The van der Waals surface area contributed by atoms with Gasteiger partial charge in [-0.05, 0) is 32.6 Å². The molecule has 0 aliphatic heterocycles. The van der Waals surface area contributed by atoms with Crippen LogP contribution in [0.5, 0.6) is 5.75 Å². The lowest BCUT2D eigenvalue weighted by atomic mass is 9.58. The van der Waals surface area contributed by atoms with Crippen LogP contribution in [-0.2, 0) is 9.59 Å². The van der Waals surface area contributed by atoms with Gasteiger partial charge in [-0.2, -0.15) is 0 Å². The molecule has 170 valence electrons. The number of halogens is 1. The van der Waals surface area contributed by atoms with E-state index in [4.69, 9.17) is 17.3 Å². The van der Waals surface area contributed by atoms with Crippen LogP contribution in [0.3, 0.4) is 0 Å². The van der Waals surface area contributed by atoms with E-state index < -0.39 is 75.5 Å². The van der Waals surface area contributed by atoms with Gasteiger partial charge in [0.05, 0.1) is 17.7 Å². The van der Waals surface area contributed by atoms with Crippen molar-refractivity contribution in [3.8, 4) is 5.75 Å². The summed E-state index contributed by atoms with van der Waals surface area (Å²) >= 11 is 6.17. The molecule has 0 aromatic heterocycles. The maximum Gasteiger partial charge on any atom is 0.255 e. The van der Waals surface area contributed by atoms with Gasteiger partial charge in [0.25, 0.3) is 5.91 Å². The Kier molecular flexibility index (Phi) is 4.90. The first-order valence-electron chi connectivity index (χ1n) is 9.69. The molecule has 1 amide bonds. The van der Waals surface area contributed by atoms with Crippen molar-refractivity contribution >= 4 is 29.1 Å². The first kappa shape index (κ1) is 22.3. The van der Waals surface area contributed by atoms with Crippen LogP contribution in [-0.4, -0.2) is 73.6 Å². The molecule has 0 spiro atoms. The van der Waals surface area contributed by atoms with Crippen molar-refractivity contribution in [3.63, 3.8) is 0 Å². The number of phenolic OH excluding ortho intramolecular Hbond substituents is 1. The van der Waals surface area contributed by atoms with Gasteiger partial charge in [0, 0.05) is 28.0 Å². The molecule has 32 heavy (non-hydrogen) atoms. The van der Waals surface area contributed by atoms with Crippen molar-refractivity contribution in [1.82, 2.24) is 4.90 Å². The number of amides is 1. The summed E-state index contributed by atoms with van der Waals surface area (Å²) in [5.41, 5.74) is 0.739.